The number of nitrogens with one attached hydrogen (secondary N) is 1. The Labute approximate surface area is 193 Å². The third-order valence-electron chi connectivity index (χ3n) is 5.36. The van der Waals surface area contributed by atoms with Gasteiger partial charge in [-0.25, -0.2) is 0 Å². The number of halogens is 1. The number of hydrogen-bond donors (Lipinski definition) is 2. The molecule has 0 aliphatic rings. The summed E-state index contributed by atoms with van der Waals surface area (Å²) < 4.78 is 5.85. The van der Waals surface area contributed by atoms with Crippen molar-refractivity contribution in [2.45, 2.75) is 39.7 Å². The van der Waals surface area contributed by atoms with E-state index < -0.39 is 11.9 Å². The minimum Gasteiger partial charge on any atom is -0.489 e. The summed E-state index contributed by atoms with van der Waals surface area (Å²) >= 11 is 6.02. The lowest BCUT2D eigenvalue weighted by molar-refractivity contribution is -0.138. The number of anilines is 1. The van der Waals surface area contributed by atoms with Crippen molar-refractivity contribution in [1.82, 2.24) is 0 Å². The first-order chi connectivity index (χ1) is 15.3. The number of benzene rings is 3. The third-order valence-corrected chi connectivity index (χ3v) is 5.59. The SMILES string of the molecule is CCC(C(=O)O)c1ccc(NC(=O)c2cc(OCc3cccc(Cl)c3)ccc2C)c(C)c1. The van der Waals surface area contributed by atoms with Gasteiger partial charge < -0.3 is 15.2 Å². The van der Waals surface area contributed by atoms with Crippen LogP contribution < -0.4 is 10.1 Å². The number of carboxylic acid groups (broad SMARTS) is 1. The monoisotopic (exact) mass is 451 g/mol. The second kappa shape index (κ2) is 10.3. The summed E-state index contributed by atoms with van der Waals surface area (Å²) in [5.41, 5.74) is 4.44. The normalized spacial score (nSPS) is 11.6. The Morgan fingerprint density at radius 2 is 1.81 bits per heavy atom. The van der Waals surface area contributed by atoms with Crippen LogP contribution in [0.3, 0.4) is 0 Å². The Hall–Kier alpha value is -3.31. The molecule has 0 heterocycles. The molecule has 0 spiro atoms. The second-order valence-corrected chi connectivity index (χ2v) is 8.16. The number of carbonyl (C=O) groups excluding carboxylic acids is 1. The average Bonchev–Trinajstić information content (AvgIpc) is 2.75. The van der Waals surface area contributed by atoms with Crippen LogP contribution in [0.5, 0.6) is 5.75 Å². The zero-order valence-electron chi connectivity index (χ0n) is 18.3. The maximum Gasteiger partial charge on any atom is 0.310 e. The molecule has 0 saturated carbocycles. The van der Waals surface area contributed by atoms with Gasteiger partial charge in [-0.1, -0.05) is 48.9 Å². The number of aliphatic carboxylic acids is 1. The first-order valence-corrected chi connectivity index (χ1v) is 10.8. The minimum atomic E-state index is -0.853. The predicted molar refractivity (Wildman–Crippen MR) is 127 cm³/mol. The van der Waals surface area contributed by atoms with E-state index in [0.717, 1.165) is 22.3 Å². The molecular formula is C26H26ClNO4. The van der Waals surface area contributed by atoms with Gasteiger partial charge in [-0.15, -0.1) is 0 Å². The summed E-state index contributed by atoms with van der Waals surface area (Å²) in [6, 6.07) is 18.1. The van der Waals surface area contributed by atoms with Crippen LogP contribution in [-0.2, 0) is 11.4 Å². The molecule has 0 aliphatic heterocycles. The summed E-state index contributed by atoms with van der Waals surface area (Å²) in [4.78, 5) is 24.4. The van der Waals surface area contributed by atoms with E-state index in [1.807, 2.05) is 57.2 Å². The number of carboxylic acids is 1. The maximum absolute atomic E-state index is 13.0. The van der Waals surface area contributed by atoms with E-state index in [1.54, 1.807) is 24.3 Å². The third kappa shape index (κ3) is 5.68. The molecule has 166 valence electrons. The van der Waals surface area contributed by atoms with Crippen LogP contribution in [0.4, 0.5) is 5.69 Å². The zero-order valence-corrected chi connectivity index (χ0v) is 19.1. The molecular weight excluding hydrogens is 426 g/mol. The van der Waals surface area contributed by atoms with E-state index in [-0.39, 0.29) is 5.91 Å². The van der Waals surface area contributed by atoms with Gasteiger partial charge >= 0.3 is 5.97 Å². The fraction of sp³-hybridized carbons (Fsp3) is 0.231. The van der Waals surface area contributed by atoms with Crippen LogP contribution in [0, 0.1) is 13.8 Å². The van der Waals surface area contributed by atoms with Crippen molar-refractivity contribution >= 4 is 29.2 Å². The Morgan fingerprint density at radius 3 is 2.47 bits per heavy atom. The number of rotatable bonds is 8. The summed E-state index contributed by atoms with van der Waals surface area (Å²) in [5, 5.41) is 13.0. The molecule has 0 radical (unpaired) electrons. The van der Waals surface area contributed by atoms with Crippen LogP contribution in [0.1, 0.15) is 51.9 Å². The molecule has 1 amide bonds. The van der Waals surface area contributed by atoms with Crippen LogP contribution in [0.2, 0.25) is 5.02 Å². The molecule has 1 atom stereocenters. The number of carbonyl (C=O) groups is 2. The van der Waals surface area contributed by atoms with Gasteiger partial charge in [-0.05, 0) is 72.9 Å². The van der Waals surface area contributed by atoms with Gasteiger partial charge in [0.1, 0.15) is 12.4 Å². The molecule has 0 fully saturated rings. The van der Waals surface area contributed by atoms with Crippen molar-refractivity contribution in [3.8, 4) is 5.75 Å². The summed E-state index contributed by atoms with van der Waals surface area (Å²) in [6.07, 6.45) is 0.502. The summed E-state index contributed by atoms with van der Waals surface area (Å²) in [5.74, 6) is -1.08. The highest BCUT2D eigenvalue weighted by molar-refractivity contribution is 6.30. The quantitative estimate of drug-likeness (QED) is 0.417. The average molecular weight is 452 g/mol. The van der Waals surface area contributed by atoms with Crippen LogP contribution in [0.25, 0.3) is 0 Å². The van der Waals surface area contributed by atoms with Gasteiger partial charge in [-0.3, -0.25) is 9.59 Å². The van der Waals surface area contributed by atoms with Gasteiger partial charge in [0.2, 0.25) is 0 Å². The van der Waals surface area contributed by atoms with Crippen LogP contribution in [-0.4, -0.2) is 17.0 Å². The number of aryl methyl sites for hydroxylation is 2. The molecule has 3 aromatic rings. The van der Waals surface area contributed by atoms with E-state index >= 15 is 0 Å². The molecule has 3 aromatic carbocycles. The summed E-state index contributed by atoms with van der Waals surface area (Å²) in [6.45, 7) is 5.90. The zero-order chi connectivity index (χ0) is 23.3. The largest absolute Gasteiger partial charge is 0.489 e. The molecule has 0 saturated heterocycles. The molecule has 1 unspecified atom stereocenters. The smallest absolute Gasteiger partial charge is 0.310 e. The van der Waals surface area contributed by atoms with Crippen LogP contribution in [0.15, 0.2) is 60.7 Å². The predicted octanol–water partition coefficient (Wildman–Crippen LogP) is 6.37. The Morgan fingerprint density at radius 1 is 1.03 bits per heavy atom. The molecule has 5 nitrogen and oxygen atoms in total. The van der Waals surface area contributed by atoms with Gasteiger partial charge in [0.15, 0.2) is 0 Å². The lowest BCUT2D eigenvalue weighted by Crippen LogP contribution is -2.15. The molecule has 2 N–H and O–H groups in total. The lowest BCUT2D eigenvalue weighted by atomic mass is 9.94. The van der Waals surface area contributed by atoms with Gasteiger partial charge in [-0.2, -0.15) is 0 Å². The Balaban J connectivity index is 1.74. The molecule has 32 heavy (non-hydrogen) atoms. The first kappa shape index (κ1) is 23.4. The lowest BCUT2D eigenvalue weighted by Gasteiger charge is -2.15. The van der Waals surface area contributed by atoms with Crippen molar-refractivity contribution in [3.05, 3.63) is 93.5 Å². The fourth-order valence-corrected chi connectivity index (χ4v) is 3.73. The van der Waals surface area contributed by atoms with E-state index in [1.165, 1.54) is 0 Å². The number of amides is 1. The molecule has 0 aromatic heterocycles. The maximum atomic E-state index is 13.0. The van der Waals surface area contributed by atoms with E-state index in [2.05, 4.69) is 5.32 Å². The number of hydrogen-bond acceptors (Lipinski definition) is 3. The van der Waals surface area contributed by atoms with E-state index in [9.17, 15) is 14.7 Å². The summed E-state index contributed by atoms with van der Waals surface area (Å²) in [7, 11) is 0. The fourth-order valence-electron chi connectivity index (χ4n) is 3.52. The van der Waals surface area contributed by atoms with Crippen LogP contribution >= 0.6 is 11.6 Å². The minimum absolute atomic E-state index is 0.253. The van der Waals surface area contributed by atoms with Crippen molar-refractivity contribution in [2.75, 3.05) is 5.32 Å². The van der Waals surface area contributed by atoms with Crippen molar-refractivity contribution < 1.29 is 19.4 Å². The topological polar surface area (TPSA) is 75.6 Å². The standard InChI is InChI=1S/C26H26ClNO4/c1-4-22(26(30)31)19-9-11-24(17(3)12-19)28-25(29)23-14-21(10-8-16(23)2)32-15-18-6-5-7-20(27)13-18/h5-14,22H,4,15H2,1-3H3,(H,28,29)(H,30,31). The first-order valence-electron chi connectivity index (χ1n) is 10.4. The van der Waals surface area contributed by atoms with Crippen molar-refractivity contribution in [1.29, 1.82) is 0 Å². The highest BCUT2D eigenvalue weighted by atomic mass is 35.5. The molecule has 3 rings (SSSR count). The highest BCUT2D eigenvalue weighted by Crippen LogP contribution is 2.26. The van der Waals surface area contributed by atoms with Gasteiger partial charge in [0.25, 0.3) is 5.91 Å². The molecule has 0 aliphatic carbocycles. The second-order valence-electron chi connectivity index (χ2n) is 7.72. The van der Waals surface area contributed by atoms with Gasteiger partial charge in [0.05, 0.1) is 5.92 Å². The number of ether oxygens (including phenoxy) is 1. The molecule has 6 heteroatoms. The van der Waals surface area contributed by atoms with Gasteiger partial charge in [0, 0.05) is 16.3 Å². The Bertz CT molecular complexity index is 1140. The van der Waals surface area contributed by atoms with Crippen molar-refractivity contribution in [2.24, 2.45) is 0 Å². The highest BCUT2D eigenvalue weighted by Gasteiger charge is 2.19. The van der Waals surface area contributed by atoms with E-state index in [4.69, 9.17) is 16.3 Å². The van der Waals surface area contributed by atoms with Crippen molar-refractivity contribution in [3.63, 3.8) is 0 Å². The molecule has 0 bridgehead atoms. The Kier molecular flexibility index (Phi) is 7.54. The van der Waals surface area contributed by atoms with E-state index in [0.29, 0.717) is 35.1 Å².